The summed E-state index contributed by atoms with van der Waals surface area (Å²) in [5, 5.41) is 5.27. The van der Waals surface area contributed by atoms with Crippen molar-refractivity contribution < 1.29 is 14.3 Å². The lowest BCUT2D eigenvalue weighted by Crippen LogP contribution is -2.32. The summed E-state index contributed by atoms with van der Waals surface area (Å²) in [5.74, 6) is -0.0160. The van der Waals surface area contributed by atoms with Gasteiger partial charge >= 0.3 is 0 Å². The minimum absolute atomic E-state index is 0. The highest BCUT2D eigenvalue weighted by atomic mass is 35.5. The van der Waals surface area contributed by atoms with Gasteiger partial charge in [0.1, 0.15) is 5.75 Å². The van der Waals surface area contributed by atoms with E-state index in [-0.39, 0.29) is 24.2 Å². The van der Waals surface area contributed by atoms with E-state index in [0.717, 1.165) is 0 Å². The van der Waals surface area contributed by atoms with E-state index in [2.05, 4.69) is 10.6 Å². The molecule has 6 nitrogen and oxygen atoms in total. The molecule has 7 heteroatoms. The van der Waals surface area contributed by atoms with E-state index in [1.54, 1.807) is 25.1 Å². The van der Waals surface area contributed by atoms with Gasteiger partial charge in [0.05, 0.1) is 18.8 Å². The van der Waals surface area contributed by atoms with Crippen LogP contribution in [0.4, 0.5) is 11.4 Å². The normalized spacial score (nSPS) is 10.9. The predicted molar refractivity (Wildman–Crippen MR) is 76.8 cm³/mol. The van der Waals surface area contributed by atoms with Gasteiger partial charge < -0.3 is 21.1 Å². The van der Waals surface area contributed by atoms with Gasteiger partial charge in [0, 0.05) is 18.7 Å². The molecule has 0 bridgehead atoms. The van der Waals surface area contributed by atoms with Crippen LogP contribution in [0.1, 0.15) is 13.8 Å². The van der Waals surface area contributed by atoms with Crippen molar-refractivity contribution in [1.82, 2.24) is 0 Å². The molecule has 0 aromatic heterocycles. The van der Waals surface area contributed by atoms with Gasteiger partial charge in [0.25, 0.3) is 0 Å². The standard InChI is InChI=1S/C12H17N3O3.ClH/c1-7(13)12(17)15-9-4-5-10(14-8(2)16)11(6-9)18-3;/h4-7H,13H2,1-3H3,(H,14,16)(H,15,17);1H. The van der Waals surface area contributed by atoms with Gasteiger partial charge in [-0.3, -0.25) is 9.59 Å². The number of nitrogens with one attached hydrogen (secondary N) is 2. The highest BCUT2D eigenvalue weighted by Crippen LogP contribution is 2.27. The van der Waals surface area contributed by atoms with E-state index in [0.29, 0.717) is 17.1 Å². The van der Waals surface area contributed by atoms with Crippen molar-refractivity contribution in [3.05, 3.63) is 18.2 Å². The molecule has 0 saturated heterocycles. The Kier molecular flexibility index (Phi) is 6.89. The summed E-state index contributed by atoms with van der Waals surface area (Å²) in [7, 11) is 1.48. The van der Waals surface area contributed by atoms with Crippen molar-refractivity contribution in [2.75, 3.05) is 17.7 Å². The molecule has 0 aliphatic rings. The third-order valence-corrected chi connectivity index (χ3v) is 2.19. The average Bonchev–Trinajstić information content (AvgIpc) is 2.30. The van der Waals surface area contributed by atoms with E-state index < -0.39 is 6.04 Å². The van der Waals surface area contributed by atoms with E-state index in [9.17, 15) is 9.59 Å². The number of ether oxygens (including phenoxy) is 1. The Morgan fingerprint density at radius 3 is 2.42 bits per heavy atom. The van der Waals surface area contributed by atoms with Crippen LogP contribution < -0.4 is 21.1 Å². The molecule has 1 rings (SSSR count). The van der Waals surface area contributed by atoms with Crippen molar-refractivity contribution in [1.29, 1.82) is 0 Å². The van der Waals surface area contributed by atoms with Crippen molar-refractivity contribution in [2.24, 2.45) is 5.73 Å². The monoisotopic (exact) mass is 287 g/mol. The summed E-state index contributed by atoms with van der Waals surface area (Å²) in [6.07, 6.45) is 0. The van der Waals surface area contributed by atoms with Gasteiger partial charge in [0.2, 0.25) is 11.8 Å². The molecule has 1 atom stereocenters. The number of hydrogen-bond acceptors (Lipinski definition) is 4. The van der Waals surface area contributed by atoms with E-state index in [4.69, 9.17) is 10.5 Å². The lowest BCUT2D eigenvalue weighted by molar-refractivity contribution is -0.117. The molecule has 106 valence electrons. The molecule has 0 saturated carbocycles. The van der Waals surface area contributed by atoms with Crippen LogP contribution in [0, 0.1) is 0 Å². The van der Waals surface area contributed by atoms with Gasteiger partial charge in [-0.25, -0.2) is 0 Å². The van der Waals surface area contributed by atoms with Crippen LogP contribution in [0.15, 0.2) is 18.2 Å². The third kappa shape index (κ3) is 5.15. The Labute approximate surface area is 118 Å². The lowest BCUT2D eigenvalue weighted by atomic mass is 10.2. The molecule has 0 fully saturated rings. The van der Waals surface area contributed by atoms with E-state index in [1.807, 2.05) is 0 Å². The number of carbonyl (C=O) groups excluding carboxylic acids is 2. The predicted octanol–water partition coefficient (Wildman–Crippen LogP) is 1.36. The molecule has 4 N–H and O–H groups in total. The minimum Gasteiger partial charge on any atom is -0.494 e. The quantitative estimate of drug-likeness (QED) is 0.779. The lowest BCUT2D eigenvalue weighted by Gasteiger charge is -2.12. The number of nitrogens with two attached hydrogens (primary N) is 1. The van der Waals surface area contributed by atoms with Crippen LogP contribution in [0.2, 0.25) is 0 Å². The Hall–Kier alpha value is -1.79. The number of halogens is 1. The van der Waals surface area contributed by atoms with E-state index in [1.165, 1.54) is 14.0 Å². The number of benzene rings is 1. The zero-order valence-corrected chi connectivity index (χ0v) is 11.8. The van der Waals surface area contributed by atoms with Crippen molar-refractivity contribution >= 4 is 35.6 Å². The smallest absolute Gasteiger partial charge is 0.241 e. The fourth-order valence-corrected chi connectivity index (χ4v) is 1.32. The molecule has 1 aromatic rings. The zero-order valence-electron chi connectivity index (χ0n) is 11.0. The topological polar surface area (TPSA) is 93.4 Å². The number of hydrogen-bond donors (Lipinski definition) is 3. The van der Waals surface area contributed by atoms with Gasteiger partial charge in [-0.05, 0) is 19.1 Å². The number of rotatable bonds is 4. The maximum absolute atomic E-state index is 11.4. The fourth-order valence-electron chi connectivity index (χ4n) is 1.32. The van der Waals surface area contributed by atoms with Crippen LogP contribution in [0.5, 0.6) is 5.75 Å². The molecule has 1 aromatic carbocycles. The summed E-state index contributed by atoms with van der Waals surface area (Å²) in [6, 6.07) is 4.34. The molecule has 0 spiro atoms. The Balaban J connectivity index is 0.00000324. The number of carbonyl (C=O) groups is 2. The first-order valence-corrected chi connectivity index (χ1v) is 5.46. The second kappa shape index (κ2) is 7.60. The van der Waals surface area contributed by atoms with Crippen LogP contribution >= 0.6 is 12.4 Å². The summed E-state index contributed by atoms with van der Waals surface area (Å²) >= 11 is 0. The molecular weight excluding hydrogens is 270 g/mol. The molecule has 1 unspecified atom stereocenters. The first-order valence-electron chi connectivity index (χ1n) is 5.46. The number of anilines is 2. The molecule has 0 radical (unpaired) electrons. The minimum atomic E-state index is -0.592. The average molecular weight is 288 g/mol. The fraction of sp³-hybridized carbons (Fsp3) is 0.333. The maximum atomic E-state index is 11.4. The van der Waals surface area contributed by atoms with Crippen molar-refractivity contribution in [2.45, 2.75) is 19.9 Å². The first-order chi connectivity index (χ1) is 8.43. The van der Waals surface area contributed by atoms with Crippen molar-refractivity contribution in [3.8, 4) is 5.75 Å². The summed E-state index contributed by atoms with van der Waals surface area (Å²) < 4.78 is 5.13. The van der Waals surface area contributed by atoms with Crippen LogP contribution in [0.25, 0.3) is 0 Å². The van der Waals surface area contributed by atoms with Gasteiger partial charge in [-0.15, -0.1) is 12.4 Å². The first kappa shape index (κ1) is 17.2. The molecule has 0 heterocycles. The zero-order chi connectivity index (χ0) is 13.7. The Morgan fingerprint density at radius 2 is 1.95 bits per heavy atom. The SMILES string of the molecule is COc1cc(NC(=O)C(C)N)ccc1NC(C)=O.Cl. The van der Waals surface area contributed by atoms with Crippen LogP contribution in [-0.4, -0.2) is 25.0 Å². The Bertz CT molecular complexity index is 464. The summed E-state index contributed by atoms with van der Waals surface area (Å²) in [6.45, 7) is 3.00. The summed E-state index contributed by atoms with van der Waals surface area (Å²) in [5.41, 5.74) is 6.55. The molecule has 0 aliphatic carbocycles. The van der Waals surface area contributed by atoms with Crippen LogP contribution in [-0.2, 0) is 9.59 Å². The van der Waals surface area contributed by atoms with Gasteiger partial charge in [-0.1, -0.05) is 0 Å². The highest BCUT2D eigenvalue weighted by Gasteiger charge is 2.10. The molecule has 0 aliphatic heterocycles. The Morgan fingerprint density at radius 1 is 1.32 bits per heavy atom. The maximum Gasteiger partial charge on any atom is 0.241 e. The molecule has 2 amide bonds. The van der Waals surface area contributed by atoms with Crippen LogP contribution in [0.3, 0.4) is 0 Å². The van der Waals surface area contributed by atoms with Gasteiger partial charge in [-0.2, -0.15) is 0 Å². The number of methoxy groups -OCH3 is 1. The second-order valence-corrected chi connectivity index (χ2v) is 3.87. The third-order valence-electron chi connectivity index (χ3n) is 2.19. The second-order valence-electron chi connectivity index (χ2n) is 3.87. The number of amides is 2. The van der Waals surface area contributed by atoms with Crippen molar-refractivity contribution in [3.63, 3.8) is 0 Å². The highest BCUT2D eigenvalue weighted by molar-refractivity contribution is 5.96. The molecule has 19 heavy (non-hydrogen) atoms. The van der Waals surface area contributed by atoms with E-state index >= 15 is 0 Å². The largest absolute Gasteiger partial charge is 0.494 e. The summed E-state index contributed by atoms with van der Waals surface area (Å²) in [4.78, 5) is 22.4. The van der Waals surface area contributed by atoms with Gasteiger partial charge in [0.15, 0.2) is 0 Å². The molecular formula is C12H18ClN3O3.